The second-order valence-electron chi connectivity index (χ2n) is 6.03. The molecule has 0 bridgehead atoms. The number of urea groups is 1. The molecule has 0 aromatic carbocycles. The molecule has 2 amide bonds. The van der Waals surface area contributed by atoms with E-state index in [0.29, 0.717) is 0 Å². The molecule has 5 heteroatoms. The Labute approximate surface area is 124 Å². The van der Waals surface area contributed by atoms with Gasteiger partial charge in [-0.3, -0.25) is 0 Å². The van der Waals surface area contributed by atoms with Gasteiger partial charge >= 0.3 is 6.03 Å². The van der Waals surface area contributed by atoms with Gasteiger partial charge in [-0.05, 0) is 50.0 Å². The summed E-state index contributed by atoms with van der Waals surface area (Å²) in [7, 11) is 0. The van der Waals surface area contributed by atoms with E-state index in [-0.39, 0.29) is 18.6 Å². The average Bonchev–Trinajstić information content (AvgIpc) is 2.94. The first-order valence-corrected chi connectivity index (χ1v) is 8.16. The lowest BCUT2D eigenvalue weighted by Gasteiger charge is -2.28. The van der Waals surface area contributed by atoms with E-state index in [0.717, 1.165) is 23.6 Å². The van der Waals surface area contributed by atoms with Crippen LogP contribution in [-0.4, -0.2) is 23.7 Å². The number of hydrogen-bond acceptors (Lipinski definition) is 3. The molecule has 1 aliphatic carbocycles. The number of amides is 2. The van der Waals surface area contributed by atoms with E-state index in [1.807, 2.05) is 17.5 Å². The van der Waals surface area contributed by atoms with Gasteiger partial charge in [0.2, 0.25) is 0 Å². The molecule has 1 atom stereocenters. The normalized spacial score (nSPS) is 25.8. The molecule has 20 heavy (non-hydrogen) atoms. The van der Waals surface area contributed by atoms with Crippen molar-refractivity contribution in [3.8, 4) is 0 Å². The smallest absolute Gasteiger partial charge is 0.315 e. The van der Waals surface area contributed by atoms with Crippen molar-refractivity contribution in [1.82, 2.24) is 10.6 Å². The summed E-state index contributed by atoms with van der Waals surface area (Å²) in [6, 6.07) is 3.88. The fourth-order valence-electron chi connectivity index (χ4n) is 2.57. The Morgan fingerprint density at radius 2 is 2.15 bits per heavy atom. The summed E-state index contributed by atoms with van der Waals surface area (Å²) < 4.78 is 0. The highest BCUT2D eigenvalue weighted by Gasteiger charge is 2.25. The number of thiophene rings is 1. The predicted molar refractivity (Wildman–Crippen MR) is 81.8 cm³/mol. The van der Waals surface area contributed by atoms with E-state index in [2.05, 4.69) is 17.6 Å². The van der Waals surface area contributed by atoms with Crippen molar-refractivity contribution < 1.29 is 9.90 Å². The van der Waals surface area contributed by atoms with Crippen LogP contribution in [0.15, 0.2) is 17.5 Å². The molecule has 112 valence electrons. The van der Waals surface area contributed by atoms with Crippen molar-refractivity contribution in [2.75, 3.05) is 6.54 Å². The summed E-state index contributed by atoms with van der Waals surface area (Å²) in [5.41, 5.74) is -1.01. The van der Waals surface area contributed by atoms with Crippen molar-refractivity contribution in [2.45, 2.75) is 51.2 Å². The molecule has 2 rings (SSSR count). The van der Waals surface area contributed by atoms with Gasteiger partial charge in [0, 0.05) is 10.9 Å². The molecule has 1 aliphatic rings. The Morgan fingerprint density at radius 1 is 1.45 bits per heavy atom. The fourth-order valence-corrected chi connectivity index (χ4v) is 3.35. The number of rotatable bonds is 4. The molecular weight excluding hydrogens is 272 g/mol. The van der Waals surface area contributed by atoms with Gasteiger partial charge in [0.25, 0.3) is 0 Å². The zero-order valence-corrected chi connectivity index (χ0v) is 13.0. The Kier molecular flexibility index (Phi) is 5.05. The minimum Gasteiger partial charge on any atom is -0.383 e. The van der Waals surface area contributed by atoms with E-state index in [1.165, 1.54) is 24.2 Å². The molecule has 1 heterocycles. The minimum atomic E-state index is -1.01. The number of nitrogens with one attached hydrogen (secondary N) is 2. The molecule has 1 aromatic rings. The van der Waals surface area contributed by atoms with Crippen molar-refractivity contribution in [1.29, 1.82) is 0 Å². The number of aliphatic hydroxyl groups is 1. The molecule has 4 nitrogen and oxygen atoms in total. The van der Waals surface area contributed by atoms with Crippen LogP contribution in [0.25, 0.3) is 0 Å². The third kappa shape index (κ3) is 4.21. The molecule has 0 spiro atoms. The molecule has 1 aromatic heterocycles. The number of hydrogen-bond donors (Lipinski definition) is 3. The molecule has 0 radical (unpaired) electrons. The van der Waals surface area contributed by atoms with Crippen LogP contribution in [0, 0.1) is 5.92 Å². The van der Waals surface area contributed by atoms with E-state index in [9.17, 15) is 9.90 Å². The molecule has 0 saturated heterocycles. The van der Waals surface area contributed by atoms with Crippen molar-refractivity contribution in [3.05, 3.63) is 22.4 Å². The van der Waals surface area contributed by atoms with Gasteiger partial charge in [-0.15, -0.1) is 11.3 Å². The fraction of sp³-hybridized carbons (Fsp3) is 0.667. The highest BCUT2D eigenvalue weighted by molar-refractivity contribution is 7.10. The second-order valence-corrected chi connectivity index (χ2v) is 6.98. The van der Waals surface area contributed by atoms with Crippen molar-refractivity contribution in [2.24, 2.45) is 5.92 Å². The van der Waals surface area contributed by atoms with Crippen LogP contribution >= 0.6 is 11.3 Å². The predicted octanol–water partition coefficient (Wildman–Crippen LogP) is 2.83. The van der Waals surface area contributed by atoms with Gasteiger partial charge in [0.05, 0.1) is 6.54 Å². The number of carbonyl (C=O) groups excluding carboxylic acids is 1. The first kappa shape index (κ1) is 15.3. The summed E-state index contributed by atoms with van der Waals surface area (Å²) >= 11 is 1.50. The molecule has 1 fully saturated rings. The lowest BCUT2D eigenvalue weighted by Crippen LogP contribution is -2.47. The van der Waals surface area contributed by atoms with E-state index < -0.39 is 5.60 Å². The maximum atomic E-state index is 11.9. The zero-order valence-electron chi connectivity index (χ0n) is 12.2. The molecule has 1 saturated carbocycles. The standard InChI is InChI=1S/C15H24N2O2S/c1-11-5-7-12(8-6-11)17-14(18)16-10-15(2,19)13-4-3-9-20-13/h3-4,9,11-12,19H,5-8,10H2,1-2H3,(H2,16,17,18). The monoisotopic (exact) mass is 296 g/mol. The average molecular weight is 296 g/mol. The third-order valence-corrected chi connectivity index (χ3v) is 5.12. The zero-order chi connectivity index (χ0) is 14.6. The van der Waals surface area contributed by atoms with E-state index >= 15 is 0 Å². The molecule has 0 aliphatic heterocycles. The molecule has 1 unspecified atom stereocenters. The summed E-state index contributed by atoms with van der Waals surface area (Å²) in [4.78, 5) is 12.7. The summed E-state index contributed by atoms with van der Waals surface area (Å²) in [5, 5.41) is 18.0. The maximum absolute atomic E-state index is 11.9. The lowest BCUT2D eigenvalue weighted by atomic mass is 9.87. The first-order chi connectivity index (χ1) is 9.47. The second kappa shape index (κ2) is 6.59. The quantitative estimate of drug-likeness (QED) is 0.800. The van der Waals surface area contributed by atoms with Crippen LogP contribution in [0.3, 0.4) is 0 Å². The highest BCUT2D eigenvalue weighted by atomic mass is 32.1. The highest BCUT2D eigenvalue weighted by Crippen LogP contribution is 2.25. The Morgan fingerprint density at radius 3 is 2.75 bits per heavy atom. The lowest BCUT2D eigenvalue weighted by molar-refractivity contribution is 0.0629. The molecule has 3 N–H and O–H groups in total. The Balaban J connectivity index is 1.75. The van der Waals surface area contributed by atoms with Crippen LogP contribution < -0.4 is 10.6 Å². The van der Waals surface area contributed by atoms with Gasteiger partial charge in [-0.25, -0.2) is 4.79 Å². The Hall–Kier alpha value is -1.07. The maximum Gasteiger partial charge on any atom is 0.315 e. The van der Waals surface area contributed by atoms with Gasteiger partial charge < -0.3 is 15.7 Å². The van der Waals surface area contributed by atoms with Crippen LogP contribution in [0.1, 0.15) is 44.4 Å². The van der Waals surface area contributed by atoms with Crippen LogP contribution in [0.5, 0.6) is 0 Å². The van der Waals surface area contributed by atoms with E-state index in [4.69, 9.17) is 0 Å². The van der Waals surface area contributed by atoms with Gasteiger partial charge in [-0.1, -0.05) is 13.0 Å². The largest absolute Gasteiger partial charge is 0.383 e. The van der Waals surface area contributed by atoms with Crippen LogP contribution in [0.2, 0.25) is 0 Å². The van der Waals surface area contributed by atoms with Crippen LogP contribution in [0.4, 0.5) is 4.79 Å². The third-order valence-electron chi connectivity index (χ3n) is 4.00. The summed E-state index contributed by atoms with van der Waals surface area (Å²) in [5.74, 6) is 0.774. The van der Waals surface area contributed by atoms with Gasteiger partial charge in [0.15, 0.2) is 0 Å². The summed E-state index contributed by atoms with van der Waals surface area (Å²) in [6.45, 7) is 4.21. The first-order valence-electron chi connectivity index (χ1n) is 7.28. The summed E-state index contributed by atoms with van der Waals surface area (Å²) in [6.07, 6.45) is 4.46. The van der Waals surface area contributed by atoms with Gasteiger partial charge in [0.1, 0.15) is 5.60 Å². The molecular formula is C15H24N2O2S. The van der Waals surface area contributed by atoms with Crippen molar-refractivity contribution in [3.63, 3.8) is 0 Å². The van der Waals surface area contributed by atoms with E-state index in [1.54, 1.807) is 6.92 Å². The van der Waals surface area contributed by atoms with Crippen LogP contribution in [-0.2, 0) is 5.60 Å². The SMILES string of the molecule is CC1CCC(NC(=O)NCC(C)(O)c2cccs2)CC1. The minimum absolute atomic E-state index is 0.179. The topological polar surface area (TPSA) is 61.4 Å². The number of carbonyl (C=O) groups is 1. The van der Waals surface area contributed by atoms with Gasteiger partial charge in [-0.2, -0.15) is 0 Å². The Bertz CT molecular complexity index is 423. The van der Waals surface area contributed by atoms with Crippen molar-refractivity contribution >= 4 is 17.4 Å².